The molecular formula is C23H17I3O3S. The summed E-state index contributed by atoms with van der Waals surface area (Å²) in [4.78, 5) is 11.8. The van der Waals surface area contributed by atoms with Gasteiger partial charge in [-0.1, -0.05) is 42.5 Å². The van der Waals surface area contributed by atoms with E-state index in [1.165, 1.54) is 23.8 Å². The van der Waals surface area contributed by atoms with E-state index in [9.17, 15) is 4.79 Å². The number of hydrogen-bond donors (Lipinski definition) is 1. The molecule has 0 aromatic heterocycles. The zero-order valence-corrected chi connectivity index (χ0v) is 22.9. The molecule has 0 radical (unpaired) electrons. The topological polar surface area (TPSA) is 46.5 Å². The molecule has 154 valence electrons. The molecule has 3 rings (SSSR count). The molecule has 3 nitrogen and oxygen atoms in total. The Morgan fingerprint density at radius 1 is 0.900 bits per heavy atom. The molecule has 0 saturated heterocycles. The van der Waals surface area contributed by atoms with E-state index in [2.05, 4.69) is 122 Å². The van der Waals surface area contributed by atoms with E-state index in [0.717, 1.165) is 14.2 Å². The van der Waals surface area contributed by atoms with Crippen molar-refractivity contribution < 1.29 is 14.6 Å². The minimum atomic E-state index is -0.979. The van der Waals surface area contributed by atoms with Gasteiger partial charge in [-0.25, -0.2) is 4.79 Å². The van der Waals surface area contributed by atoms with Gasteiger partial charge in [-0.3, -0.25) is 0 Å². The van der Waals surface area contributed by atoms with Crippen LogP contribution in [0.25, 0.3) is 5.57 Å². The van der Waals surface area contributed by atoms with Gasteiger partial charge in [-0.15, -0.1) is 11.8 Å². The van der Waals surface area contributed by atoms with Crippen molar-refractivity contribution in [3.8, 4) is 5.75 Å². The molecule has 0 aliphatic rings. The van der Waals surface area contributed by atoms with Crippen LogP contribution < -0.4 is 4.74 Å². The number of benzene rings is 3. The Balaban J connectivity index is 1.82. The summed E-state index contributed by atoms with van der Waals surface area (Å²) in [6.07, 6.45) is 2.28. The zero-order chi connectivity index (χ0) is 21.5. The second-order valence-corrected chi connectivity index (χ2v) is 10.7. The average molecular weight is 754 g/mol. The maximum Gasteiger partial charge on any atom is 0.341 e. The summed E-state index contributed by atoms with van der Waals surface area (Å²) < 4.78 is 8.65. The number of carbonyl (C=O) groups is 1. The Labute approximate surface area is 221 Å². The molecular weight excluding hydrogens is 737 g/mol. The summed E-state index contributed by atoms with van der Waals surface area (Å²) >= 11 is 8.70. The van der Waals surface area contributed by atoms with Crippen molar-refractivity contribution in [1.82, 2.24) is 0 Å². The Bertz CT molecular complexity index is 1040. The van der Waals surface area contributed by atoms with E-state index in [-0.39, 0.29) is 6.61 Å². The molecule has 0 saturated carbocycles. The maximum atomic E-state index is 10.7. The van der Waals surface area contributed by atoms with Gasteiger partial charge in [0.25, 0.3) is 0 Å². The third-order valence-electron chi connectivity index (χ3n) is 4.12. The number of hydrogen-bond acceptors (Lipinski definition) is 3. The van der Waals surface area contributed by atoms with Gasteiger partial charge < -0.3 is 9.84 Å². The summed E-state index contributed by atoms with van der Waals surface area (Å²) in [6.45, 7) is -0.333. The zero-order valence-electron chi connectivity index (χ0n) is 15.6. The Morgan fingerprint density at radius 3 is 2.03 bits per heavy atom. The van der Waals surface area contributed by atoms with Gasteiger partial charge >= 0.3 is 5.97 Å². The summed E-state index contributed by atoms with van der Waals surface area (Å²) in [7, 11) is 0. The third kappa shape index (κ3) is 6.60. The monoisotopic (exact) mass is 754 g/mol. The van der Waals surface area contributed by atoms with Crippen molar-refractivity contribution in [3.63, 3.8) is 0 Å². The van der Waals surface area contributed by atoms with Crippen LogP contribution in [0.5, 0.6) is 5.75 Å². The molecule has 30 heavy (non-hydrogen) atoms. The van der Waals surface area contributed by atoms with E-state index in [4.69, 9.17) is 9.84 Å². The van der Waals surface area contributed by atoms with Gasteiger partial charge in [0.15, 0.2) is 6.61 Å². The number of aliphatic carboxylic acids is 1. The van der Waals surface area contributed by atoms with Gasteiger partial charge in [-0.05, 0) is 115 Å². The number of ether oxygens (including phenoxy) is 1. The molecule has 7 heteroatoms. The first-order valence-electron chi connectivity index (χ1n) is 8.92. The van der Waals surface area contributed by atoms with E-state index in [1.54, 1.807) is 11.8 Å². The molecule has 0 aliphatic carbocycles. The molecule has 0 aliphatic heterocycles. The predicted molar refractivity (Wildman–Crippen MR) is 148 cm³/mol. The van der Waals surface area contributed by atoms with Crippen LogP contribution in [-0.2, 0) is 4.79 Å². The van der Waals surface area contributed by atoms with Crippen LogP contribution in [0.4, 0.5) is 0 Å². The number of halogens is 3. The quantitative estimate of drug-likeness (QED) is 0.196. The summed E-state index contributed by atoms with van der Waals surface area (Å²) in [5.74, 6) is 0.431. The fourth-order valence-corrected chi connectivity index (χ4v) is 5.82. The largest absolute Gasteiger partial charge is 0.481 e. The van der Waals surface area contributed by atoms with Crippen LogP contribution in [0.1, 0.15) is 11.1 Å². The molecule has 0 unspecified atom stereocenters. The van der Waals surface area contributed by atoms with Crippen LogP contribution in [0, 0.1) is 10.7 Å². The second kappa shape index (κ2) is 11.7. The number of carboxylic acids is 1. The van der Waals surface area contributed by atoms with Crippen molar-refractivity contribution in [3.05, 3.63) is 94.6 Å². The van der Waals surface area contributed by atoms with Crippen LogP contribution in [0.15, 0.2) is 77.7 Å². The molecule has 0 spiro atoms. The van der Waals surface area contributed by atoms with E-state index in [1.807, 2.05) is 18.2 Å². The van der Waals surface area contributed by atoms with E-state index >= 15 is 0 Å². The molecule has 0 atom stereocenters. The molecule has 3 aromatic rings. The Kier molecular flexibility index (Phi) is 9.33. The highest BCUT2D eigenvalue weighted by atomic mass is 127. The molecule has 0 bridgehead atoms. The fraction of sp³-hybridized carbons (Fsp3) is 0.0870. The van der Waals surface area contributed by atoms with Crippen molar-refractivity contribution in [2.24, 2.45) is 0 Å². The highest BCUT2D eigenvalue weighted by Gasteiger charge is 2.11. The van der Waals surface area contributed by atoms with Crippen LogP contribution in [-0.4, -0.2) is 23.4 Å². The Hall–Kier alpha value is -0.790. The molecule has 1 N–H and O–H groups in total. The van der Waals surface area contributed by atoms with Gasteiger partial charge in [0.2, 0.25) is 0 Å². The molecule has 0 fully saturated rings. The third-order valence-corrected chi connectivity index (χ3v) is 7.76. The van der Waals surface area contributed by atoms with Crippen molar-refractivity contribution in [1.29, 1.82) is 0 Å². The number of thioether (sulfide) groups is 1. The minimum absolute atomic E-state index is 0.333. The summed E-state index contributed by atoms with van der Waals surface area (Å²) in [6, 6.07) is 22.7. The van der Waals surface area contributed by atoms with Gasteiger partial charge in [-0.2, -0.15) is 0 Å². The van der Waals surface area contributed by atoms with Crippen LogP contribution >= 0.6 is 79.5 Å². The first-order chi connectivity index (χ1) is 14.5. The summed E-state index contributed by atoms with van der Waals surface area (Å²) in [5.41, 5.74) is 3.69. The predicted octanol–water partition coefficient (Wildman–Crippen LogP) is 7.19. The van der Waals surface area contributed by atoms with Gasteiger partial charge in [0.05, 0.1) is 3.57 Å². The fourth-order valence-electron chi connectivity index (χ4n) is 2.77. The Morgan fingerprint density at radius 2 is 1.50 bits per heavy atom. The average Bonchev–Trinajstić information content (AvgIpc) is 2.72. The second-order valence-electron chi connectivity index (χ2n) is 6.16. The highest BCUT2D eigenvalue weighted by molar-refractivity contribution is 14.1. The number of rotatable bonds is 8. The molecule has 0 amide bonds. The lowest BCUT2D eigenvalue weighted by Gasteiger charge is -2.13. The normalized spacial score (nSPS) is 10.5. The minimum Gasteiger partial charge on any atom is -0.481 e. The first-order valence-corrected chi connectivity index (χ1v) is 13.1. The van der Waals surface area contributed by atoms with Gasteiger partial charge in [0.1, 0.15) is 5.75 Å². The van der Waals surface area contributed by atoms with Crippen LogP contribution in [0.3, 0.4) is 0 Å². The van der Waals surface area contributed by atoms with E-state index < -0.39 is 5.97 Å². The number of carboxylic acid groups (broad SMARTS) is 1. The lowest BCUT2D eigenvalue weighted by molar-refractivity contribution is -0.139. The first kappa shape index (κ1) is 23.9. The molecule has 0 heterocycles. The van der Waals surface area contributed by atoms with E-state index in [0.29, 0.717) is 5.75 Å². The van der Waals surface area contributed by atoms with Crippen molar-refractivity contribution in [2.45, 2.75) is 4.90 Å². The maximum absolute atomic E-state index is 10.7. The lowest BCUT2D eigenvalue weighted by atomic mass is 9.98. The highest BCUT2D eigenvalue weighted by Crippen LogP contribution is 2.32. The smallest absolute Gasteiger partial charge is 0.341 e. The lowest BCUT2D eigenvalue weighted by Crippen LogP contribution is -2.10. The van der Waals surface area contributed by atoms with Crippen molar-refractivity contribution in [2.75, 3.05) is 12.4 Å². The van der Waals surface area contributed by atoms with Crippen LogP contribution in [0.2, 0.25) is 0 Å². The van der Waals surface area contributed by atoms with Gasteiger partial charge in [0, 0.05) is 17.8 Å². The van der Waals surface area contributed by atoms with Crippen molar-refractivity contribution >= 4 is 91.1 Å². The molecule has 3 aromatic carbocycles. The summed E-state index contributed by atoms with van der Waals surface area (Å²) in [5, 5.41) is 8.78. The standard InChI is InChI=1S/C23H17I3O3S/c24-19-7-3-1-5-17(19)16(18-6-2-4-8-20(18)25)11-12-30-15-9-10-22(21(26)13-15)29-14-23(27)28/h1-11,13H,12,14H2,(H,27,28). The SMILES string of the molecule is O=C(O)COc1ccc(SCC=C(c2ccccc2I)c2ccccc2I)cc1I.